The number of nitrogens with one attached hydrogen (secondary N) is 2. The maximum atomic E-state index is 11.7. The molecule has 164 valence electrons. The fraction of sp³-hybridized carbons (Fsp3) is 0.478. The molecule has 1 heterocycles. The lowest BCUT2D eigenvalue weighted by molar-refractivity contribution is 0.297. The molecule has 6 nitrogen and oxygen atoms in total. The quantitative estimate of drug-likeness (QED) is 0.203. The van der Waals surface area contributed by atoms with Crippen LogP contribution in [0.25, 0.3) is 0 Å². The number of hydrogen-bond acceptors (Lipinski definition) is 3. The van der Waals surface area contributed by atoms with Gasteiger partial charge in [-0.05, 0) is 50.7 Å². The highest BCUT2D eigenvalue weighted by Gasteiger charge is 2.22. The molecular weight excluding hydrogens is 491 g/mol. The van der Waals surface area contributed by atoms with Crippen molar-refractivity contribution in [3.05, 3.63) is 64.6 Å². The molecule has 3 rings (SSSR count). The van der Waals surface area contributed by atoms with E-state index in [1.165, 1.54) is 12.8 Å². The number of aromatic nitrogens is 1. The molecule has 30 heavy (non-hydrogen) atoms. The van der Waals surface area contributed by atoms with Crippen LogP contribution in [0, 0.1) is 5.92 Å². The molecule has 0 saturated heterocycles. The van der Waals surface area contributed by atoms with Gasteiger partial charge in [0.1, 0.15) is 5.75 Å². The summed E-state index contributed by atoms with van der Waals surface area (Å²) < 4.78 is 7.73. The second kappa shape index (κ2) is 13.3. The predicted octanol–water partition coefficient (Wildman–Crippen LogP) is 3.79. The van der Waals surface area contributed by atoms with Gasteiger partial charge in [0.15, 0.2) is 5.96 Å². The van der Waals surface area contributed by atoms with Gasteiger partial charge in [-0.25, -0.2) is 4.99 Å². The second-order valence-corrected chi connectivity index (χ2v) is 7.42. The van der Waals surface area contributed by atoms with Crippen LogP contribution in [0.1, 0.15) is 38.2 Å². The number of para-hydroxylation sites is 1. The molecule has 1 aliphatic rings. The Morgan fingerprint density at radius 2 is 1.93 bits per heavy atom. The second-order valence-electron chi connectivity index (χ2n) is 7.42. The molecular formula is C23H33IN4O2. The lowest BCUT2D eigenvalue weighted by Crippen LogP contribution is -2.37. The molecule has 7 heteroatoms. The maximum Gasteiger partial charge on any atom is 0.250 e. The van der Waals surface area contributed by atoms with E-state index < -0.39 is 0 Å². The summed E-state index contributed by atoms with van der Waals surface area (Å²) in [7, 11) is 0. The molecule has 2 N–H and O–H groups in total. The van der Waals surface area contributed by atoms with Gasteiger partial charge in [-0.2, -0.15) is 0 Å². The van der Waals surface area contributed by atoms with Crippen molar-refractivity contribution in [3.8, 4) is 5.75 Å². The largest absolute Gasteiger partial charge is 0.493 e. The van der Waals surface area contributed by atoms with Crippen molar-refractivity contribution >= 4 is 29.9 Å². The van der Waals surface area contributed by atoms with Crippen molar-refractivity contribution in [3.63, 3.8) is 0 Å². The number of hydrogen-bond donors (Lipinski definition) is 2. The van der Waals surface area contributed by atoms with Gasteiger partial charge < -0.3 is 19.9 Å². The van der Waals surface area contributed by atoms with Crippen molar-refractivity contribution in [2.45, 2.75) is 45.7 Å². The molecule has 0 aliphatic heterocycles. The average Bonchev–Trinajstić information content (AvgIpc) is 3.56. The van der Waals surface area contributed by atoms with Gasteiger partial charge in [-0.1, -0.05) is 24.3 Å². The van der Waals surface area contributed by atoms with Crippen LogP contribution in [-0.4, -0.2) is 30.2 Å². The van der Waals surface area contributed by atoms with Crippen LogP contribution in [0.5, 0.6) is 5.75 Å². The van der Waals surface area contributed by atoms with Gasteiger partial charge in [0.05, 0.1) is 13.2 Å². The van der Waals surface area contributed by atoms with Crippen molar-refractivity contribution in [1.29, 1.82) is 0 Å². The fourth-order valence-corrected chi connectivity index (χ4v) is 3.03. The summed E-state index contributed by atoms with van der Waals surface area (Å²) >= 11 is 0. The van der Waals surface area contributed by atoms with Crippen LogP contribution in [0.2, 0.25) is 0 Å². The summed E-state index contributed by atoms with van der Waals surface area (Å²) in [6.07, 6.45) is 6.31. The van der Waals surface area contributed by atoms with E-state index in [0.717, 1.165) is 62.3 Å². The maximum absolute atomic E-state index is 11.7. The Bertz CT molecular complexity index is 849. The van der Waals surface area contributed by atoms with Crippen LogP contribution < -0.4 is 20.9 Å². The van der Waals surface area contributed by atoms with Gasteiger partial charge >= 0.3 is 0 Å². The highest BCUT2D eigenvalue weighted by Crippen LogP contribution is 2.30. The molecule has 1 aromatic heterocycles. The van der Waals surface area contributed by atoms with Gasteiger partial charge in [-0.3, -0.25) is 4.79 Å². The first-order valence-electron chi connectivity index (χ1n) is 10.6. The lowest BCUT2D eigenvalue weighted by Gasteiger charge is -2.13. The summed E-state index contributed by atoms with van der Waals surface area (Å²) in [6, 6.07) is 13.4. The van der Waals surface area contributed by atoms with Gasteiger partial charge in [0, 0.05) is 37.5 Å². The SMILES string of the molecule is CCNC(=NCc1ccccc1OCC1CC1)NCCCCn1ccccc1=O.I. The van der Waals surface area contributed by atoms with Crippen molar-refractivity contribution < 1.29 is 4.74 Å². The molecule has 0 radical (unpaired) electrons. The van der Waals surface area contributed by atoms with E-state index in [2.05, 4.69) is 23.6 Å². The standard InChI is InChI=1S/C23H32N4O2.HI/c1-2-24-23(25-14-6-8-16-27-15-7-5-11-22(27)28)26-17-20-9-3-4-10-21(20)29-18-19-12-13-19;/h3-5,7,9-11,15,19H,2,6,8,12-14,16-18H2,1H3,(H2,24,25,26);1H. The van der Waals surface area contributed by atoms with Crippen molar-refractivity contribution in [2.24, 2.45) is 10.9 Å². The molecule has 1 aromatic carbocycles. The van der Waals surface area contributed by atoms with E-state index >= 15 is 0 Å². The van der Waals surface area contributed by atoms with Crippen LogP contribution in [0.3, 0.4) is 0 Å². The third-order valence-corrected chi connectivity index (χ3v) is 4.91. The number of ether oxygens (including phenoxy) is 1. The Labute approximate surface area is 196 Å². The molecule has 0 amide bonds. The Morgan fingerprint density at radius 3 is 2.70 bits per heavy atom. The smallest absolute Gasteiger partial charge is 0.250 e. The Kier molecular flexibility index (Phi) is 10.8. The number of unbranched alkanes of at least 4 members (excludes halogenated alkanes) is 1. The number of benzene rings is 1. The third kappa shape index (κ3) is 8.38. The van der Waals surface area contributed by atoms with Crippen molar-refractivity contribution in [2.75, 3.05) is 19.7 Å². The Hall–Kier alpha value is -2.03. The number of aliphatic imine (C=N–C) groups is 1. The highest BCUT2D eigenvalue weighted by molar-refractivity contribution is 14.0. The zero-order valence-electron chi connectivity index (χ0n) is 17.7. The average molecular weight is 524 g/mol. The van der Waals surface area contributed by atoms with E-state index in [0.29, 0.717) is 6.54 Å². The van der Waals surface area contributed by atoms with E-state index in [9.17, 15) is 4.79 Å². The van der Waals surface area contributed by atoms with E-state index in [4.69, 9.17) is 9.73 Å². The molecule has 1 fully saturated rings. The fourth-order valence-electron chi connectivity index (χ4n) is 3.03. The number of rotatable bonds is 11. The Balaban J connectivity index is 0.00000320. The van der Waals surface area contributed by atoms with Gasteiger partial charge in [0.25, 0.3) is 0 Å². The van der Waals surface area contributed by atoms with E-state index in [1.54, 1.807) is 16.7 Å². The monoisotopic (exact) mass is 524 g/mol. The number of aryl methyl sites for hydroxylation is 1. The predicted molar refractivity (Wildman–Crippen MR) is 133 cm³/mol. The van der Waals surface area contributed by atoms with Crippen molar-refractivity contribution in [1.82, 2.24) is 15.2 Å². The highest BCUT2D eigenvalue weighted by atomic mass is 127. The zero-order chi connectivity index (χ0) is 20.3. The molecule has 2 aromatic rings. The van der Waals surface area contributed by atoms with Crippen LogP contribution in [0.15, 0.2) is 58.4 Å². The summed E-state index contributed by atoms with van der Waals surface area (Å²) in [5.41, 5.74) is 1.16. The van der Waals surface area contributed by atoms with Gasteiger partial charge in [0.2, 0.25) is 5.56 Å². The molecule has 0 spiro atoms. The summed E-state index contributed by atoms with van der Waals surface area (Å²) in [5, 5.41) is 6.68. The molecule has 1 aliphatic carbocycles. The minimum absolute atomic E-state index is 0. The minimum Gasteiger partial charge on any atom is -0.493 e. The summed E-state index contributed by atoms with van der Waals surface area (Å²) in [4.78, 5) is 16.4. The zero-order valence-corrected chi connectivity index (χ0v) is 20.0. The van der Waals surface area contributed by atoms with Crippen LogP contribution in [0.4, 0.5) is 0 Å². The first-order chi connectivity index (χ1) is 14.3. The number of halogens is 1. The molecule has 0 bridgehead atoms. The van der Waals surface area contributed by atoms with Crippen LogP contribution in [-0.2, 0) is 13.1 Å². The summed E-state index contributed by atoms with van der Waals surface area (Å²) in [5.74, 6) is 2.48. The van der Waals surface area contributed by atoms with Gasteiger partial charge in [-0.15, -0.1) is 24.0 Å². The first-order valence-corrected chi connectivity index (χ1v) is 10.6. The summed E-state index contributed by atoms with van der Waals surface area (Å²) in [6.45, 7) is 5.81. The van der Waals surface area contributed by atoms with E-state index in [1.807, 2.05) is 30.5 Å². The topological polar surface area (TPSA) is 67.7 Å². The lowest BCUT2D eigenvalue weighted by atomic mass is 10.2. The molecule has 0 atom stereocenters. The number of guanidine groups is 1. The van der Waals surface area contributed by atoms with E-state index in [-0.39, 0.29) is 29.5 Å². The van der Waals surface area contributed by atoms with Crippen LogP contribution >= 0.6 is 24.0 Å². The third-order valence-electron chi connectivity index (χ3n) is 4.91. The molecule has 0 unspecified atom stereocenters. The minimum atomic E-state index is 0. The Morgan fingerprint density at radius 1 is 1.13 bits per heavy atom. The number of nitrogens with zero attached hydrogens (tertiary/aromatic N) is 2. The molecule has 1 saturated carbocycles. The number of pyridine rings is 1. The first kappa shape index (κ1) is 24.2. The normalized spacial score (nSPS) is 13.4.